The first-order valence-corrected chi connectivity index (χ1v) is 10.5. The third-order valence-corrected chi connectivity index (χ3v) is 17.0. The predicted molar refractivity (Wildman–Crippen MR) is 67.7 cm³/mol. The summed E-state index contributed by atoms with van der Waals surface area (Å²) in [4.78, 5) is 0. The van der Waals surface area contributed by atoms with Crippen LogP contribution in [0.5, 0.6) is 0 Å². The molecule has 0 saturated heterocycles. The summed E-state index contributed by atoms with van der Waals surface area (Å²) < 4.78 is -1.21. The summed E-state index contributed by atoms with van der Waals surface area (Å²) >= 11 is 2.83. The molecule has 0 aromatic carbocycles. The molecule has 0 rings (SSSR count). The van der Waals surface area contributed by atoms with Crippen LogP contribution in [0, 0.1) is 0 Å². The Hall–Kier alpha value is 1.16. The van der Waals surface area contributed by atoms with Crippen LogP contribution in [0.4, 0.5) is 0 Å². The second-order valence-corrected chi connectivity index (χ2v) is 17.7. The van der Waals surface area contributed by atoms with Gasteiger partial charge in [-0.3, -0.25) is 0 Å². The van der Waals surface area contributed by atoms with Crippen molar-refractivity contribution in [1.29, 1.82) is 0 Å². The van der Waals surface area contributed by atoms with E-state index in [4.69, 9.17) is 0 Å². The van der Waals surface area contributed by atoms with Crippen LogP contribution in [-0.2, 0) is 0 Å². The molecular weight excluding hydrogens is 266 g/mol. The normalized spacial score (nSPS) is 15.9. The second kappa shape index (κ2) is 4.41. The molecule has 2 heteroatoms. The monoisotopic (exact) mass is 288 g/mol. The Morgan fingerprint density at radius 3 is 1.36 bits per heavy atom. The second-order valence-electron chi connectivity index (χ2n) is 3.49. The molecule has 0 aliphatic heterocycles. The van der Waals surface area contributed by atoms with Crippen molar-refractivity contribution in [1.82, 2.24) is 0 Å². The van der Waals surface area contributed by atoms with Gasteiger partial charge in [0.2, 0.25) is 0 Å². The molecule has 0 unspecified atom stereocenters. The zero-order valence-electron chi connectivity index (χ0n) is 8.36. The molecule has 70 valence electrons. The Labute approximate surface area is 84.9 Å². The minimum absolute atomic E-state index is 1.21. The van der Waals surface area contributed by atoms with Crippen LogP contribution in [0.15, 0.2) is 0 Å². The van der Waals surface area contributed by atoms with Gasteiger partial charge in [-0.25, -0.2) is 0 Å². The fourth-order valence-corrected chi connectivity index (χ4v) is 6.56. The van der Waals surface area contributed by atoms with Gasteiger partial charge in [0.25, 0.3) is 0 Å². The van der Waals surface area contributed by atoms with Crippen molar-refractivity contribution in [2.75, 3.05) is 24.6 Å². The van der Waals surface area contributed by atoms with Gasteiger partial charge in [0.15, 0.2) is 0 Å². The van der Waals surface area contributed by atoms with Gasteiger partial charge in [0.05, 0.1) is 0 Å². The molecule has 0 aliphatic carbocycles. The predicted octanol–water partition coefficient (Wildman–Crippen LogP) is 4.36. The van der Waals surface area contributed by atoms with E-state index in [0.29, 0.717) is 0 Å². The molecule has 0 N–H and O–H groups in total. The van der Waals surface area contributed by atoms with E-state index in [0.717, 1.165) is 0 Å². The summed E-state index contributed by atoms with van der Waals surface area (Å²) in [7, 11) is 0. The molecule has 0 spiro atoms. The zero-order chi connectivity index (χ0) is 8.98. The van der Waals surface area contributed by atoms with Crippen molar-refractivity contribution in [2.24, 2.45) is 0 Å². The van der Waals surface area contributed by atoms with Crippen molar-refractivity contribution in [3.63, 3.8) is 0 Å². The van der Waals surface area contributed by atoms with Gasteiger partial charge in [-0.1, -0.05) is 0 Å². The van der Waals surface area contributed by atoms with Crippen LogP contribution in [0.1, 0.15) is 34.1 Å². The van der Waals surface area contributed by atoms with Crippen molar-refractivity contribution in [2.45, 2.75) is 34.1 Å². The van der Waals surface area contributed by atoms with Gasteiger partial charge in [0, 0.05) is 0 Å². The molecule has 0 atom stereocenters. The Morgan fingerprint density at radius 2 is 1.27 bits per heavy atom. The molecular formula is C9H22IP. The molecule has 0 saturated carbocycles. The molecule has 0 aromatic heterocycles. The molecule has 11 heavy (non-hydrogen) atoms. The molecule has 0 nitrogen and oxygen atoms in total. The minimum atomic E-state index is -1.21. The van der Waals surface area contributed by atoms with Crippen LogP contribution >= 0.6 is 26.3 Å². The van der Waals surface area contributed by atoms with Crippen molar-refractivity contribution >= 4 is 26.3 Å². The average molecular weight is 288 g/mol. The summed E-state index contributed by atoms with van der Waals surface area (Å²) in [5, 5.41) is 0. The third-order valence-electron chi connectivity index (χ3n) is 3.15. The Balaban J connectivity index is 4.44. The van der Waals surface area contributed by atoms with Crippen molar-refractivity contribution in [3.05, 3.63) is 0 Å². The number of halogens is 1. The number of hydrogen-bond donors (Lipinski definition) is 0. The standard InChI is InChI=1S/C9H22IP/c1-5-9-11(10,6-2,7-3)8-4/h5-9H2,1-4H3. The summed E-state index contributed by atoms with van der Waals surface area (Å²) in [5.41, 5.74) is 0. The topological polar surface area (TPSA) is 0 Å². The van der Waals surface area contributed by atoms with Crippen LogP contribution in [0.3, 0.4) is 0 Å². The number of rotatable bonds is 5. The molecule has 0 aromatic rings. The molecule has 0 radical (unpaired) electrons. The summed E-state index contributed by atoms with van der Waals surface area (Å²) in [5.74, 6) is 0. The summed E-state index contributed by atoms with van der Waals surface area (Å²) in [6.45, 7) is 9.47. The zero-order valence-corrected chi connectivity index (χ0v) is 11.4. The van der Waals surface area contributed by atoms with E-state index < -0.39 is 4.25 Å². The molecule has 0 amide bonds. The van der Waals surface area contributed by atoms with Crippen molar-refractivity contribution in [3.8, 4) is 0 Å². The van der Waals surface area contributed by atoms with Gasteiger partial charge in [-0.05, 0) is 0 Å². The molecule has 0 bridgehead atoms. The third kappa shape index (κ3) is 2.84. The van der Waals surface area contributed by atoms with Gasteiger partial charge < -0.3 is 0 Å². The maximum absolute atomic E-state index is 2.83. The van der Waals surface area contributed by atoms with Crippen LogP contribution < -0.4 is 0 Å². The Morgan fingerprint density at radius 1 is 0.909 bits per heavy atom. The van der Waals surface area contributed by atoms with E-state index in [1.165, 1.54) is 31.1 Å². The summed E-state index contributed by atoms with van der Waals surface area (Å²) in [6.07, 6.45) is 7.18. The van der Waals surface area contributed by atoms with Crippen LogP contribution in [0.2, 0.25) is 0 Å². The molecule has 0 fully saturated rings. The first kappa shape index (κ1) is 12.2. The van der Waals surface area contributed by atoms with E-state index in [9.17, 15) is 0 Å². The van der Waals surface area contributed by atoms with E-state index in [-0.39, 0.29) is 0 Å². The van der Waals surface area contributed by atoms with Gasteiger partial charge >= 0.3 is 85.1 Å². The Bertz CT molecular complexity index is 108. The van der Waals surface area contributed by atoms with E-state index in [1.807, 2.05) is 0 Å². The van der Waals surface area contributed by atoms with Gasteiger partial charge in [-0.15, -0.1) is 0 Å². The fraction of sp³-hybridized carbons (Fsp3) is 1.00. The van der Waals surface area contributed by atoms with Crippen LogP contribution in [-0.4, -0.2) is 24.6 Å². The van der Waals surface area contributed by atoms with Crippen molar-refractivity contribution < 1.29 is 0 Å². The Kier molecular flexibility index (Phi) is 4.88. The fourth-order valence-electron chi connectivity index (χ4n) is 1.70. The maximum atomic E-state index is 2.83. The number of hydrogen-bond acceptors (Lipinski definition) is 0. The summed E-state index contributed by atoms with van der Waals surface area (Å²) in [6, 6.07) is 0. The van der Waals surface area contributed by atoms with Gasteiger partial charge in [0.1, 0.15) is 0 Å². The first-order chi connectivity index (χ1) is 5.04. The van der Waals surface area contributed by atoms with E-state index >= 15 is 0 Å². The quantitative estimate of drug-likeness (QED) is 0.521. The SMILES string of the molecule is CCCP(I)(CC)(CC)CC. The molecule has 0 heterocycles. The van der Waals surface area contributed by atoms with Gasteiger partial charge in [-0.2, -0.15) is 0 Å². The van der Waals surface area contributed by atoms with E-state index in [2.05, 4.69) is 49.7 Å². The molecule has 0 aliphatic rings. The van der Waals surface area contributed by atoms with Crippen LogP contribution in [0.25, 0.3) is 0 Å². The van der Waals surface area contributed by atoms with E-state index in [1.54, 1.807) is 0 Å². The first-order valence-electron chi connectivity index (χ1n) is 4.76. The average Bonchev–Trinajstić information content (AvgIpc) is 2.06.